The largest absolute Gasteiger partial charge is 0.493 e. The molecule has 0 aliphatic rings. The Bertz CT molecular complexity index is 465. The van der Waals surface area contributed by atoms with E-state index in [4.69, 9.17) is 21.6 Å². The quantitative estimate of drug-likeness (QED) is 0.469. The van der Waals surface area contributed by atoms with Gasteiger partial charge in [-0.15, -0.1) is 6.42 Å². The number of nitro groups is 1. The molecule has 90 valence electrons. The third-order valence-corrected chi connectivity index (χ3v) is 2.09. The molecule has 0 atom stereocenters. The summed E-state index contributed by atoms with van der Waals surface area (Å²) >= 11 is 0. The Balaban J connectivity index is 3.24. The smallest absolute Gasteiger partial charge is 0.277 e. The van der Waals surface area contributed by atoms with Crippen molar-refractivity contribution in [3.63, 3.8) is 0 Å². The van der Waals surface area contributed by atoms with Crippen LogP contribution in [-0.4, -0.2) is 18.6 Å². The number of hydrogen-bond acceptors (Lipinski definition) is 5. The fourth-order valence-electron chi connectivity index (χ4n) is 1.32. The van der Waals surface area contributed by atoms with Gasteiger partial charge in [-0.2, -0.15) is 0 Å². The number of benzene rings is 1. The van der Waals surface area contributed by atoms with Gasteiger partial charge in [0.2, 0.25) is 0 Å². The molecule has 0 fully saturated rings. The van der Waals surface area contributed by atoms with Crippen molar-refractivity contribution in [2.24, 2.45) is 5.73 Å². The first kappa shape index (κ1) is 12.8. The van der Waals surface area contributed by atoms with Gasteiger partial charge in [-0.3, -0.25) is 10.1 Å². The molecule has 0 saturated heterocycles. The standard InChI is InChI=1S/C11H12N2O4/c1-3-4-17-11-6-9(13(14)15)8(7-12)5-10(11)16-2/h1,5-6H,4,7,12H2,2H3. The minimum Gasteiger partial charge on any atom is -0.493 e. The molecule has 17 heavy (non-hydrogen) atoms. The van der Waals surface area contributed by atoms with Crippen molar-refractivity contribution in [2.45, 2.75) is 6.54 Å². The SMILES string of the molecule is C#CCOc1cc([N+](=O)[O-])c(CN)cc1OC. The first-order chi connectivity index (χ1) is 8.13. The summed E-state index contributed by atoms with van der Waals surface area (Å²) in [5.41, 5.74) is 5.69. The van der Waals surface area contributed by atoms with Crippen molar-refractivity contribution in [1.29, 1.82) is 0 Å². The Morgan fingerprint density at radius 2 is 2.24 bits per heavy atom. The second-order valence-corrected chi connectivity index (χ2v) is 3.09. The number of hydrogen-bond donors (Lipinski definition) is 1. The lowest BCUT2D eigenvalue weighted by Gasteiger charge is -2.10. The van der Waals surface area contributed by atoms with Gasteiger partial charge in [-0.25, -0.2) is 0 Å². The van der Waals surface area contributed by atoms with Crippen molar-refractivity contribution in [1.82, 2.24) is 0 Å². The third kappa shape index (κ3) is 2.86. The highest BCUT2D eigenvalue weighted by Gasteiger charge is 2.18. The van der Waals surface area contributed by atoms with E-state index in [0.29, 0.717) is 11.3 Å². The van der Waals surface area contributed by atoms with Crippen LogP contribution in [-0.2, 0) is 6.54 Å². The van der Waals surface area contributed by atoms with Crippen molar-refractivity contribution < 1.29 is 14.4 Å². The highest BCUT2D eigenvalue weighted by Crippen LogP contribution is 2.34. The van der Waals surface area contributed by atoms with Crippen LogP contribution in [0.5, 0.6) is 11.5 Å². The minimum atomic E-state index is -0.523. The molecular weight excluding hydrogens is 224 g/mol. The van der Waals surface area contributed by atoms with Crippen LogP contribution >= 0.6 is 0 Å². The predicted octanol–water partition coefficient (Wildman–Crippen LogP) is 1.07. The molecule has 0 amide bonds. The molecular formula is C11H12N2O4. The molecule has 1 aromatic rings. The van der Waals surface area contributed by atoms with Gasteiger partial charge < -0.3 is 15.2 Å². The lowest BCUT2D eigenvalue weighted by atomic mass is 10.1. The van der Waals surface area contributed by atoms with Crippen molar-refractivity contribution >= 4 is 5.69 Å². The maximum atomic E-state index is 10.8. The van der Waals surface area contributed by atoms with Crippen LogP contribution in [0, 0.1) is 22.5 Å². The molecule has 0 radical (unpaired) electrons. The first-order valence-electron chi connectivity index (χ1n) is 4.75. The van der Waals surface area contributed by atoms with Gasteiger partial charge in [0.1, 0.15) is 6.61 Å². The van der Waals surface area contributed by atoms with E-state index in [9.17, 15) is 10.1 Å². The molecule has 2 N–H and O–H groups in total. The first-order valence-corrected chi connectivity index (χ1v) is 4.75. The summed E-state index contributed by atoms with van der Waals surface area (Å²) in [5.74, 6) is 2.87. The van der Waals surface area contributed by atoms with Crippen LogP contribution in [0.4, 0.5) is 5.69 Å². The van der Waals surface area contributed by atoms with E-state index in [-0.39, 0.29) is 24.6 Å². The van der Waals surface area contributed by atoms with Gasteiger partial charge >= 0.3 is 0 Å². The molecule has 0 spiro atoms. The summed E-state index contributed by atoms with van der Waals surface area (Å²) < 4.78 is 10.2. The highest BCUT2D eigenvalue weighted by atomic mass is 16.6. The van der Waals surface area contributed by atoms with Gasteiger partial charge in [0.05, 0.1) is 18.1 Å². The molecule has 6 heteroatoms. The maximum absolute atomic E-state index is 10.8. The summed E-state index contributed by atoms with van der Waals surface area (Å²) in [5, 5.41) is 10.8. The number of nitro benzene ring substituents is 1. The number of methoxy groups -OCH3 is 1. The van der Waals surface area contributed by atoms with Crippen LogP contribution in [0.15, 0.2) is 12.1 Å². The van der Waals surface area contributed by atoms with Gasteiger partial charge in [0.25, 0.3) is 5.69 Å². The summed E-state index contributed by atoms with van der Waals surface area (Å²) in [4.78, 5) is 10.3. The van der Waals surface area contributed by atoms with Crippen LogP contribution in [0.1, 0.15) is 5.56 Å². The minimum absolute atomic E-state index is 0.00941. The number of terminal acetylenes is 1. The van der Waals surface area contributed by atoms with E-state index in [1.54, 1.807) is 0 Å². The molecule has 0 unspecified atom stereocenters. The fraction of sp³-hybridized carbons (Fsp3) is 0.273. The summed E-state index contributed by atoms with van der Waals surface area (Å²) in [7, 11) is 1.43. The zero-order valence-electron chi connectivity index (χ0n) is 9.30. The van der Waals surface area contributed by atoms with E-state index in [1.807, 2.05) is 0 Å². The van der Waals surface area contributed by atoms with E-state index < -0.39 is 4.92 Å². The van der Waals surface area contributed by atoms with Crippen molar-refractivity contribution in [3.05, 3.63) is 27.8 Å². The normalized spacial score (nSPS) is 9.47. The Labute approximate surface area is 98.5 Å². The highest BCUT2D eigenvalue weighted by molar-refractivity contribution is 5.54. The van der Waals surface area contributed by atoms with Crippen LogP contribution in [0.25, 0.3) is 0 Å². The topological polar surface area (TPSA) is 87.6 Å². The zero-order valence-corrected chi connectivity index (χ0v) is 9.30. The Morgan fingerprint density at radius 1 is 1.53 bits per heavy atom. The second-order valence-electron chi connectivity index (χ2n) is 3.09. The number of nitrogens with two attached hydrogens (primary N) is 1. The van der Waals surface area contributed by atoms with Gasteiger partial charge in [0.15, 0.2) is 11.5 Å². The molecule has 1 rings (SSSR count). The Morgan fingerprint density at radius 3 is 2.71 bits per heavy atom. The summed E-state index contributed by atoms with van der Waals surface area (Å²) in [6, 6.07) is 2.74. The lowest BCUT2D eigenvalue weighted by Crippen LogP contribution is -2.04. The van der Waals surface area contributed by atoms with Gasteiger partial charge in [-0.1, -0.05) is 5.92 Å². The molecule has 0 aliphatic carbocycles. The van der Waals surface area contributed by atoms with E-state index in [0.717, 1.165) is 0 Å². The summed E-state index contributed by atoms with van der Waals surface area (Å²) in [6.45, 7) is 0.0532. The molecule has 1 aromatic carbocycles. The number of nitrogens with zero attached hydrogens (tertiary/aromatic N) is 1. The predicted molar refractivity (Wildman–Crippen MR) is 61.9 cm³/mol. The van der Waals surface area contributed by atoms with Gasteiger partial charge in [-0.05, 0) is 6.07 Å². The molecule has 0 aliphatic heterocycles. The van der Waals surface area contributed by atoms with E-state index in [1.165, 1.54) is 19.2 Å². The summed E-state index contributed by atoms with van der Waals surface area (Å²) in [6.07, 6.45) is 5.05. The average Bonchev–Trinajstić information content (AvgIpc) is 2.34. The van der Waals surface area contributed by atoms with Gasteiger partial charge in [0, 0.05) is 12.1 Å². The zero-order chi connectivity index (χ0) is 12.8. The van der Waals surface area contributed by atoms with Crippen LogP contribution < -0.4 is 15.2 Å². The van der Waals surface area contributed by atoms with E-state index in [2.05, 4.69) is 5.92 Å². The monoisotopic (exact) mass is 236 g/mol. The molecule has 6 nitrogen and oxygen atoms in total. The van der Waals surface area contributed by atoms with E-state index >= 15 is 0 Å². The molecule has 0 heterocycles. The Kier molecular flexibility index (Phi) is 4.31. The van der Waals surface area contributed by atoms with Crippen molar-refractivity contribution in [3.8, 4) is 23.8 Å². The number of rotatable bonds is 5. The average molecular weight is 236 g/mol. The molecule has 0 bridgehead atoms. The van der Waals surface area contributed by atoms with Crippen molar-refractivity contribution in [2.75, 3.05) is 13.7 Å². The fourth-order valence-corrected chi connectivity index (χ4v) is 1.32. The second kappa shape index (κ2) is 5.72. The third-order valence-electron chi connectivity index (χ3n) is 2.09. The maximum Gasteiger partial charge on any atom is 0.277 e. The lowest BCUT2D eigenvalue weighted by molar-refractivity contribution is -0.385. The van der Waals surface area contributed by atoms with Crippen LogP contribution in [0.2, 0.25) is 0 Å². The molecule has 0 aromatic heterocycles. The number of ether oxygens (including phenoxy) is 2. The van der Waals surface area contributed by atoms with Crippen LogP contribution in [0.3, 0.4) is 0 Å². The molecule has 0 saturated carbocycles. The Hall–Kier alpha value is -2.26.